The first-order valence-electron chi connectivity index (χ1n) is 11.5. The van der Waals surface area contributed by atoms with Gasteiger partial charge in [0.2, 0.25) is 0 Å². The number of hydrogen-bond acceptors (Lipinski definition) is 5. The third kappa shape index (κ3) is 4.08. The third-order valence-corrected chi connectivity index (χ3v) is 10.3. The Bertz CT molecular complexity index is 1380. The minimum atomic E-state index is -4.58. The predicted octanol–water partition coefficient (Wildman–Crippen LogP) is 4.45. The summed E-state index contributed by atoms with van der Waals surface area (Å²) in [5, 5.41) is 0.890. The lowest BCUT2D eigenvalue weighted by molar-refractivity contribution is -0.136. The Balaban J connectivity index is 1.30. The van der Waals surface area contributed by atoms with Crippen molar-refractivity contribution in [2.75, 3.05) is 13.1 Å². The van der Waals surface area contributed by atoms with Crippen molar-refractivity contribution in [2.45, 2.75) is 37.4 Å². The van der Waals surface area contributed by atoms with Crippen molar-refractivity contribution >= 4 is 21.5 Å². The number of aromatic nitrogens is 2. The molecule has 3 heterocycles. The molecule has 6 rings (SSSR count). The Hall–Kier alpha value is -2.34. The van der Waals surface area contributed by atoms with Gasteiger partial charge in [-0.2, -0.15) is 30.6 Å². The molecule has 0 radical (unpaired) electrons. The molecule has 1 aromatic carbocycles. The number of halogens is 3. The highest BCUT2D eigenvalue weighted by Crippen LogP contribution is 2.51. The molecular weight excluding hydrogens is 497 g/mol. The molecule has 11 heteroatoms. The van der Waals surface area contributed by atoms with Gasteiger partial charge < -0.3 is 0 Å². The zero-order valence-electron chi connectivity index (χ0n) is 18.6. The van der Waals surface area contributed by atoms with Gasteiger partial charge in [-0.25, -0.2) is 4.98 Å². The number of thiazole rings is 1. The quantitative estimate of drug-likeness (QED) is 0.554. The highest BCUT2D eigenvalue weighted by atomic mass is 32.2. The number of pyridine rings is 1. The molecule has 1 saturated carbocycles. The van der Waals surface area contributed by atoms with E-state index in [1.54, 1.807) is 23.7 Å². The number of fused-ring (bicyclic) bond motifs is 1. The number of benzene rings is 1. The van der Waals surface area contributed by atoms with E-state index in [9.17, 15) is 21.6 Å². The van der Waals surface area contributed by atoms with Crippen LogP contribution in [-0.4, -0.2) is 47.5 Å². The van der Waals surface area contributed by atoms with Crippen molar-refractivity contribution in [2.24, 2.45) is 11.8 Å². The summed E-state index contributed by atoms with van der Waals surface area (Å²) in [5.74, 6) is -0.0913. The van der Waals surface area contributed by atoms with Crippen molar-refractivity contribution in [3.63, 3.8) is 0 Å². The molecule has 6 nitrogen and oxygen atoms in total. The van der Waals surface area contributed by atoms with Crippen LogP contribution in [0.5, 0.6) is 0 Å². The first-order chi connectivity index (χ1) is 16.6. The Morgan fingerprint density at radius 1 is 1.06 bits per heavy atom. The van der Waals surface area contributed by atoms with Crippen molar-refractivity contribution < 1.29 is 21.6 Å². The molecule has 35 heavy (non-hydrogen) atoms. The van der Waals surface area contributed by atoms with E-state index in [1.165, 1.54) is 0 Å². The molecule has 3 aliphatic rings. The van der Waals surface area contributed by atoms with Crippen LogP contribution < -0.4 is 4.72 Å². The first kappa shape index (κ1) is 23.1. The molecule has 1 N–H and O–H groups in total. The van der Waals surface area contributed by atoms with Crippen molar-refractivity contribution in [1.82, 2.24) is 19.0 Å². The lowest BCUT2D eigenvalue weighted by atomic mass is 9.79. The molecule has 2 aliphatic carbocycles. The minimum Gasteiger partial charge on any atom is -0.265 e. The zero-order valence-corrected chi connectivity index (χ0v) is 20.3. The normalized spacial score (nSPS) is 27.7. The van der Waals surface area contributed by atoms with Gasteiger partial charge in [-0.05, 0) is 72.4 Å². The average Bonchev–Trinajstić information content (AvgIpc) is 3.43. The van der Waals surface area contributed by atoms with Gasteiger partial charge in [-0.1, -0.05) is 12.1 Å². The lowest BCUT2D eigenvalue weighted by Crippen LogP contribution is -2.52. The summed E-state index contributed by atoms with van der Waals surface area (Å²) < 4.78 is 67.9. The molecule has 2 bridgehead atoms. The topological polar surface area (TPSA) is 75.2 Å². The summed E-state index contributed by atoms with van der Waals surface area (Å²) in [5.41, 5.74) is 3.45. The van der Waals surface area contributed by atoms with Gasteiger partial charge in [0.15, 0.2) is 0 Å². The smallest absolute Gasteiger partial charge is 0.265 e. The fourth-order valence-corrected chi connectivity index (χ4v) is 8.66. The van der Waals surface area contributed by atoms with E-state index in [2.05, 4.69) is 26.8 Å². The summed E-state index contributed by atoms with van der Waals surface area (Å²) in [6.45, 7) is -1.59. The number of rotatable bonds is 3. The van der Waals surface area contributed by atoms with Crippen LogP contribution in [0.3, 0.4) is 0 Å². The monoisotopic (exact) mass is 520 g/mol. The molecule has 1 saturated heterocycles. The minimum absolute atomic E-state index is 0.0363. The van der Waals surface area contributed by atoms with Crippen LogP contribution in [0.25, 0.3) is 21.0 Å². The van der Waals surface area contributed by atoms with E-state index in [4.69, 9.17) is 0 Å². The Morgan fingerprint density at radius 2 is 1.77 bits per heavy atom. The molecule has 0 amide bonds. The Kier molecular flexibility index (Phi) is 5.33. The zero-order chi connectivity index (χ0) is 24.4. The molecule has 3 unspecified atom stereocenters. The van der Waals surface area contributed by atoms with Crippen LogP contribution in [0.15, 0.2) is 48.9 Å². The highest BCUT2D eigenvalue weighted by Gasteiger charge is 2.60. The maximum atomic E-state index is 13.1. The highest BCUT2D eigenvalue weighted by molar-refractivity contribution is 7.87. The van der Waals surface area contributed by atoms with Crippen LogP contribution in [-0.2, 0) is 23.1 Å². The summed E-state index contributed by atoms with van der Waals surface area (Å²) in [6, 6.07) is 10.1. The molecule has 184 valence electrons. The number of nitrogens with zero attached hydrogens (tertiary/aromatic N) is 3. The lowest BCUT2D eigenvalue weighted by Gasteiger charge is -2.33. The van der Waals surface area contributed by atoms with Gasteiger partial charge in [0.05, 0.1) is 10.4 Å². The standard InChI is InChI=1S/C24H23F3N4O2S2/c25-24(26,27)14-31-13-23(30-35(31,32)33)19-3-4-20(23)11-18-9-17(2-1-16(18)10-19)22-29-12-21(34-22)15-5-7-28-8-6-15/h1-2,5-9,12,19-20,30H,3-4,10-11,13-14H2. The Morgan fingerprint density at radius 3 is 2.49 bits per heavy atom. The van der Waals surface area contributed by atoms with Gasteiger partial charge in [0, 0.05) is 30.7 Å². The van der Waals surface area contributed by atoms with E-state index < -0.39 is 28.5 Å². The molecule has 1 aliphatic heterocycles. The summed E-state index contributed by atoms with van der Waals surface area (Å²) >= 11 is 1.59. The van der Waals surface area contributed by atoms with Gasteiger partial charge in [-0.15, -0.1) is 11.3 Å². The maximum Gasteiger partial charge on any atom is 0.402 e. The second-order valence-electron chi connectivity index (χ2n) is 9.66. The number of hydrogen-bond donors (Lipinski definition) is 1. The van der Waals surface area contributed by atoms with Crippen LogP contribution >= 0.6 is 11.3 Å². The van der Waals surface area contributed by atoms with Crippen molar-refractivity contribution in [1.29, 1.82) is 0 Å². The van der Waals surface area contributed by atoms with Gasteiger partial charge >= 0.3 is 6.18 Å². The predicted molar refractivity (Wildman–Crippen MR) is 127 cm³/mol. The van der Waals surface area contributed by atoms with Crippen LogP contribution in [0.4, 0.5) is 13.2 Å². The largest absolute Gasteiger partial charge is 0.402 e. The van der Waals surface area contributed by atoms with Crippen LogP contribution in [0.1, 0.15) is 24.0 Å². The van der Waals surface area contributed by atoms with E-state index in [0.717, 1.165) is 45.0 Å². The summed E-state index contributed by atoms with van der Waals surface area (Å²) in [6.07, 6.45) is 3.63. The van der Waals surface area contributed by atoms with Crippen LogP contribution in [0, 0.1) is 11.8 Å². The van der Waals surface area contributed by atoms with E-state index in [-0.39, 0.29) is 18.4 Å². The van der Waals surface area contributed by atoms with Crippen molar-refractivity contribution in [3.8, 4) is 21.0 Å². The number of alkyl halides is 3. The molecule has 2 aromatic heterocycles. The van der Waals surface area contributed by atoms with Gasteiger partial charge in [0.1, 0.15) is 11.6 Å². The van der Waals surface area contributed by atoms with E-state index >= 15 is 0 Å². The SMILES string of the molecule is O=S1(=O)NC2(CN1CC(F)(F)F)C1CCC2Cc2cc(-c3ncc(-c4ccncc4)s3)ccc2C1. The summed E-state index contributed by atoms with van der Waals surface area (Å²) in [4.78, 5) is 9.71. The summed E-state index contributed by atoms with van der Waals surface area (Å²) in [7, 11) is -4.18. The van der Waals surface area contributed by atoms with Gasteiger partial charge in [-0.3, -0.25) is 4.98 Å². The second kappa shape index (κ2) is 8.09. The van der Waals surface area contributed by atoms with Crippen LogP contribution in [0.2, 0.25) is 0 Å². The Labute approximate surface area is 205 Å². The first-order valence-corrected chi connectivity index (χ1v) is 13.7. The maximum absolute atomic E-state index is 13.1. The fraction of sp³-hybridized carbons (Fsp3) is 0.417. The molecular formula is C24H23F3N4O2S2. The second-order valence-corrected chi connectivity index (χ2v) is 12.4. The average molecular weight is 521 g/mol. The van der Waals surface area contributed by atoms with Crippen molar-refractivity contribution in [3.05, 3.63) is 60.0 Å². The molecule has 1 spiro atoms. The van der Waals surface area contributed by atoms with Gasteiger partial charge in [0.25, 0.3) is 10.2 Å². The fourth-order valence-electron chi connectivity index (χ4n) is 6.03. The number of nitrogens with one attached hydrogen (secondary N) is 1. The molecule has 3 atom stereocenters. The van der Waals surface area contributed by atoms with E-state index in [1.807, 2.05) is 24.4 Å². The third-order valence-electron chi connectivity index (χ3n) is 7.63. The molecule has 2 fully saturated rings. The molecule has 3 aromatic rings. The van der Waals surface area contributed by atoms with E-state index in [0.29, 0.717) is 17.1 Å².